The zero-order valence-corrected chi connectivity index (χ0v) is 17.5. The summed E-state index contributed by atoms with van der Waals surface area (Å²) < 4.78 is 59.4. The molecule has 2 N–H and O–H groups in total. The lowest BCUT2D eigenvalue weighted by molar-refractivity contribution is 0.353. The summed E-state index contributed by atoms with van der Waals surface area (Å²) in [6.07, 6.45) is 3.59. The number of halogens is 2. The highest BCUT2D eigenvalue weighted by Gasteiger charge is 2.32. The molecule has 0 radical (unpaired) electrons. The molecular formula is C20H19F2N5O3S. The summed E-state index contributed by atoms with van der Waals surface area (Å²) in [6, 6.07) is 2.75. The predicted octanol–water partition coefficient (Wildman–Crippen LogP) is 2.12. The Morgan fingerprint density at radius 3 is 2.81 bits per heavy atom. The molecule has 1 unspecified atom stereocenters. The van der Waals surface area contributed by atoms with Crippen molar-refractivity contribution in [2.24, 2.45) is 10.7 Å². The fraction of sp³-hybridized carbons (Fsp3) is 0.250. The van der Waals surface area contributed by atoms with E-state index in [2.05, 4.69) is 26.8 Å². The summed E-state index contributed by atoms with van der Waals surface area (Å²) in [6.45, 7) is 1.81. The van der Waals surface area contributed by atoms with Gasteiger partial charge in [-0.05, 0) is 30.7 Å². The summed E-state index contributed by atoms with van der Waals surface area (Å²) in [5.41, 5.74) is 5.88. The first-order valence-electron chi connectivity index (χ1n) is 9.02. The van der Waals surface area contributed by atoms with Gasteiger partial charge < -0.3 is 10.5 Å². The molecule has 0 saturated heterocycles. The minimum Gasteiger partial charge on any atom is -0.463 e. The number of hydrogen-bond donors (Lipinski definition) is 1. The van der Waals surface area contributed by atoms with Crippen molar-refractivity contribution in [2.75, 3.05) is 19.4 Å². The highest BCUT2D eigenvalue weighted by molar-refractivity contribution is 7.89. The lowest BCUT2D eigenvalue weighted by atomic mass is 10.0. The fourth-order valence-corrected chi connectivity index (χ4v) is 3.92. The second-order valence-corrected chi connectivity index (χ2v) is 8.52. The third kappa shape index (κ3) is 5.16. The van der Waals surface area contributed by atoms with Crippen LogP contribution < -0.4 is 10.5 Å². The topological polar surface area (TPSA) is 111 Å². The Labute approximate surface area is 178 Å². The number of hydrogen-bond acceptors (Lipinski definition) is 7. The van der Waals surface area contributed by atoms with E-state index in [0.29, 0.717) is 5.56 Å². The van der Waals surface area contributed by atoms with E-state index >= 15 is 0 Å². The molecule has 0 aliphatic carbocycles. The molecule has 1 aliphatic heterocycles. The molecule has 2 aromatic rings. The number of ether oxygens (including phenoxy) is 1. The van der Waals surface area contributed by atoms with Crippen LogP contribution in [0.3, 0.4) is 0 Å². The summed E-state index contributed by atoms with van der Waals surface area (Å²) in [4.78, 5) is 11.9. The Bertz CT molecular complexity index is 1200. The molecule has 0 amide bonds. The maximum atomic E-state index is 14.6. The van der Waals surface area contributed by atoms with Gasteiger partial charge in [0.2, 0.25) is 21.9 Å². The van der Waals surface area contributed by atoms with Crippen molar-refractivity contribution in [1.29, 1.82) is 0 Å². The fourth-order valence-electron chi connectivity index (χ4n) is 2.72. The van der Waals surface area contributed by atoms with Crippen molar-refractivity contribution in [1.82, 2.24) is 14.3 Å². The Kier molecular flexibility index (Phi) is 6.50. The average molecular weight is 447 g/mol. The molecule has 3 rings (SSSR count). The Morgan fingerprint density at radius 2 is 2.16 bits per heavy atom. The molecule has 0 bridgehead atoms. The largest absolute Gasteiger partial charge is 0.463 e. The van der Waals surface area contributed by atoms with E-state index in [0.717, 1.165) is 16.4 Å². The highest BCUT2D eigenvalue weighted by atomic mass is 32.2. The molecule has 162 valence electrons. The first kappa shape index (κ1) is 22.2. The molecule has 1 aromatic carbocycles. The zero-order chi connectivity index (χ0) is 22.6. The standard InChI is InChI=1S/C20H19F2N5O3S/c1-3-4-7-30-19-11-24-17(10-25-19)16(22)9-13-5-6-15(21)14(8-13)18-12-31(28,29)27(2)20(23)26-18/h5-6,8-11,18H,7,12H2,1-2H3,(H2,23,26)/b16-9-. The average Bonchev–Trinajstić information content (AvgIpc) is 2.73. The van der Waals surface area contributed by atoms with Crippen molar-refractivity contribution in [3.05, 3.63) is 53.2 Å². The first-order chi connectivity index (χ1) is 14.7. The van der Waals surface area contributed by atoms with Gasteiger partial charge in [0.25, 0.3) is 0 Å². The van der Waals surface area contributed by atoms with E-state index in [4.69, 9.17) is 10.5 Å². The van der Waals surface area contributed by atoms with Crippen LogP contribution in [0.5, 0.6) is 5.88 Å². The van der Waals surface area contributed by atoms with Gasteiger partial charge in [-0.15, -0.1) is 5.92 Å². The monoisotopic (exact) mass is 447 g/mol. The number of aliphatic imine (C=N–C) groups is 1. The van der Waals surface area contributed by atoms with Crippen LogP contribution in [0.1, 0.15) is 29.8 Å². The number of aromatic nitrogens is 2. The molecule has 1 aliphatic rings. The van der Waals surface area contributed by atoms with Crippen LogP contribution in [0.15, 0.2) is 35.6 Å². The minimum atomic E-state index is -3.73. The normalized spacial score (nSPS) is 18.1. The van der Waals surface area contributed by atoms with Crippen molar-refractivity contribution in [3.8, 4) is 17.7 Å². The molecule has 0 fully saturated rings. The van der Waals surface area contributed by atoms with E-state index < -0.39 is 33.5 Å². The van der Waals surface area contributed by atoms with Gasteiger partial charge in [0, 0.05) is 12.6 Å². The summed E-state index contributed by atoms with van der Waals surface area (Å²) in [5.74, 6) is 3.48. The maximum Gasteiger partial charge on any atom is 0.239 e. The van der Waals surface area contributed by atoms with Crippen LogP contribution in [0, 0.1) is 17.7 Å². The van der Waals surface area contributed by atoms with Crippen LogP contribution in [0.25, 0.3) is 11.9 Å². The van der Waals surface area contributed by atoms with Gasteiger partial charge >= 0.3 is 0 Å². The molecule has 1 atom stereocenters. The van der Waals surface area contributed by atoms with Crippen LogP contribution >= 0.6 is 0 Å². The third-order valence-electron chi connectivity index (χ3n) is 4.41. The Morgan fingerprint density at radius 1 is 1.39 bits per heavy atom. The van der Waals surface area contributed by atoms with E-state index in [1.54, 1.807) is 6.92 Å². The molecule has 11 heteroatoms. The second-order valence-electron chi connectivity index (χ2n) is 6.48. The van der Waals surface area contributed by atoms with E-state index in [9.17, 15) is 17.2 Å². The number of nitrogens with zero attached hydrogens (tertiary/aromatic N) is 4. The van der Waals surface area contributed by atoms with Crippen LogP contribution in [-0.4, -0.2) is 48.1 Å². The van der Waals surface area contributed by atoms with Crippen LogP contribution in [0.4, 0.5) is 8.78 Å². The minimum absolute atomic E-state index is 0.00644. The third-order valence-corrected chi connectivity index (χ3v) is 6.17. The van der Waals surface area contributed by atoms with Crippen LogP contribution in [0.2, 0.25) is 0 Å². The molecule has 2 heterocycles. The van der Waals surface area contributed by atoms with Gasteiger partial charge in [-0.25, -0.2) is 36.5 Å². The number of rotatable bonds is 5. The predicted molar refractivity (Wildman–Crippen MR) is 112 cm³/mol. The summed E-state index contributed by atoms with van der Waals surface area (Å²) >= 11 is 0. The van der Waals surface area contributed by atoms with Gasteiger partial charge in [0.1, 0.15) is 11.5 Å². The van der Waals surface area contributed by atoms with E-state index in [1.165, 1.54) is 31.6 Å². The van der Waals surface area contributed by atoms with Gasteiger partial charge in [0.15, 0.2) is 12.4 Å². The van der Waals surface area contributed by atoms with Gasteiger partial charge in [0.05, 0.1) is 24.2 Å². The van der Waals surface area contributed by atoms with Crippen molar-refractivity contribution in [2.45, 2.75) is 13.0 Å². The molecule has 0 saturated carbocycles. The van der Waals surface area contributed by atoms with Gasteiger partial charge in [-0.3, -0.25) is 0 Å². The van der Waals surface area contributed by atoms with Crippen LogP contribution in [-0.2, 0) is 10.0 Å². The number of guanidine groups is 1. The lowest BCUT2D eigenvalue weighted by Gasteiger charge is -2.27. The summed E-state index contributed by atoms with van der Waals surface area (Å²) in [7, 11) is -2.47. The zero-order valence-electron chi connectivity index (χ0n) is 16.7. The lowest BCUT2D eigenvalue weighted by Crippen LogP contribution is -2.45. The Balaban J connectivity index is 1.86. The van der Waals surface area contributed by atoms with Crippen molar-refractivity contribution >= 4 is 27.9 Å². The van der Waals surface area contributed by atoms with Crippen molar-refractivity contribution in [3.63, 3.8) is 0 Å². The van der Waals surface area contributed by atoms with Gasteiger partial charge in [-0.1, -0.05) is 12.0 Å². The first-order valence-corrected chi connectivity index (χ1v) is 10.6. The maximum absolute atomic E-state index is 14.6. The second kappa shape index (κ2) is 9.09. The quantitative estimate of drug-likeness (QED) is 0.703. The smallest absolute Gasteiger partial charge is 0.239 e. The Hall–Kier alpha value is -3.52. The number of sulfonamides is 1. The molecule has 8 nitrogen and oxygen atoms in total. The molecule has 31 heavy (non-hydrogen) atoms. The molecular weight excluding hydrogens is 428 g/mol. The molecule has 0 spiro atoms. The molecule has 1 aromatic heterocycles. The SMILES string of the molecule is CC#CCOc1cnc(/C(F)=C/c2ccc(F)c(C3CS(=O)(=O)N(C)C(N)=N3)c2)cn1. The van der Waals surface area contributed by atoms with E-state index in [1.807, 2.05) is 0 Å². The van der Waals surface area contributed by atoms with Gasteiger partial charge in [-0.2, -0.15) is 0 Å². The van der Waals surface area contributed by atoms with E-state index in [-0.39, 0.29) is 29.7 Å². The summed E-state index contributed by atoms with van der Waals surface area (Å²) in [5, 5.41) is 0. The number of benzene rings is 1. The van der Waals surface area contributed by atoms with Crippen molar-refractivity contribution < 1.29 is 21.9 Å². The highest BCUT2D eigenvalue weighted by Crippen LogP contribution is 2.29. The number of nitrogens with two attached hydrogens (primary N) is 1.